The van der Waals surface area contributed by atoms with Crippen LogP contribution < -0.4 is 5.32 Å². The number of carbonyl (C=O) groups excluding carboxylic acids is 2. The van der Waals surface area contributed by atoms with Crippen LogP contribution in [0.4, 0.5) is 0 Å². The summed E-state index contributed by atoms with van der Waals surface area (Å²) < 4.78 is 5.93. The number of nitrogens with zero attached hydrogens (tertiary/aromatic N) is 2. The van der Waals surface area contributed by atoms with Crippen LogP contribution in [-0.4, -0.2) is 46.5 Å². The molecule has 1 aromatic carbocycles. The highest BCUT2D eigenvalue weighted by atomic mass is 35.5. The van der Waals surface area contributed by atoms with E-state index >= 15 is 0 Å². The third-order valence-electron chi connectivity index (χ3n) is 3.16. The van der Waals surface area contributed by atoms with Gasteiger partial charge in [0, 0.05) is 11.2 Å². The summed E-state index contributed by atoms with van der Waals surface area (Å²) in [6.07, 6.45) is 0.161. The molecule has 2 aromatic rings. The zero-order valence-corrected chi connectivity index (χ0v) is 13.4. The number of aryl methyl sites for hydroxylation is 1. The van der Waals surface area contributed by atoms with Gasteiger partial charge in [-0.2, -0.15) is 5.10 Å². The molecular formula is C15H16ClN3O4. The largest absolute Gasteiger partial charge is 0.467 e. The molecule has 0 spiro atoms. The number of methoxy groups -OCH3 is 1. The first kappa shape index (κ1) is 17.0. The van der Waals surface area contributed by atoms with Gasteiger partial charge < -0.3 is 15.2 Å². The Morgan fingerprint density at radius 2 is 2.04 bits per heavy atom. The normalized spacial score (nSPS) is 11.8. The van der Waals surface area contributed by atoms with Crippen molar-refractivity contribution in [2.75, 3.05) is 13.7 Å². The maximum absolute atomic E-state index is 12.1. The van der Waals surface area contributed by atoms with Crippen LogP contribution in [0.1, 0.15) is 16.1 Å². The Morgan fingerprint density at radius 1 is 1.39 bits per heavy atom. The van der Waals surface area contributed by atoms with Gasteiger partial charge in [0.25, 0.3) is 5.91 Å². The molecular weight excluding hydrogens is 322 g/mol. The second kappa shape index (κ2) is 7.26. The molecule has 122 valence electrons. The zero-order chi connectivity index (χ0) is 17.0. The minimum atomic E-state index is -1.41. The van der Waals surface area contributed by atoms with Crippen molar-refractivity contribution < 1.29 is 19.4 Å². The Kier molecular flexibility index (Phi) is 5.36. The smallest absolute Gasteiger partial charge is 0.336 e. The zero-order valence-electron chi connectivity index (χ0n) is 12.6. The second-order valence-corrected chi connectivity index (χ2v) is 5.23. The van der Waals surface area contributed by atoms with Crippen molar-refractivity contribution in [1.29, 1.82) is 0 Å². The van der Waals surface area contributed by atoms with E-state index in [-0.39, 0.29) is 6.54 Å². The van der Waals surface area contributed by atoms with Gasteiger partial charge in [-0.15, -0.1) is 0 Å². The average molecular weight is 338 g/mol. The fraction of sp³-hybridized carbons (Fsp3) is 0.267. The molecule has 0 aliphatic rings. The maximum atomic E-state index is 12.1. The lowest BCUT2D eigenvalue weighted by atomic mass is 10.2. The van der Waals surface area contributed by atoms with E-state index in [0.29, 0.717) is 16.3 Å². The number of aliphatic hydroxyl groups is 1. The van der Waals surface area contributed by atoms with Gasteiger partial charge >= 0.3 is 5.97 Å². The lowest BCUT2D eigenvalue weighted by Crippen LogP contribution is -2.37. The fourth-order valence-corrected chi connectivity index (χ4v) is 2.04. The fourth-order valence-electron chi connectivity index (χ4n) is 1.91. The molecule has 7 nitrogen and oxygen atoms in total. The number of carbonyl (C=O) groups is 2. The van der Waals surface area contributed by atoms with Crippen molar-refractivity contribution >= 4 is 23.5 Å². The van der Waals surface area contributed by atoms with Crippen molar-refractivity contribution in [3.63, 3.8) is 0 Å². The molecule has 1 amide bonds. The first-order valence-electron chi connectivity index (χ1n) is 6.78. The number of ether oxygens (including phenoxy) is 1. The number of aliphatic hydroxyl groups excluding tert-OH is 1. The highest BCUT2D eigenvalue weighted by Crippen LogP contribution is 2.15. The quantitative estimate of drug-likeness (QED) is 0.797. The standard InChI is InChI=1S/C15H16ClN3O4/c1-9-12(14(21)17-7-13(20)15(22)23-2)8-19(18-9)11-5-3-10(16)4-6-11/h3-6,8,13,20H,7H2,1-2H3,(H,17,21). The van der Waals surface area contributed by atoms with Crippen molar-refractivity contribution in [1.82, 2.24) is 15.1 Å². The van der Waals surface area contributed by atoms with Gasteiger partial charge in [-0.1, -0.05) is 11.6 Å². The number of hydrogen-bond donors (Lipinski definition) is 2. The molecule has 0 saturated heterocycles. The third kappa shape index (κ3) is 4.08. The molecule has 0 aliphatic heterocycles. The van der Waals surface area contributed by atoms with E-state index < -0.39 is 18.0 Å². The second-order valence-electron chi connectivity index (χ2n) is 4.80. The Labute approximate surface area is 137 Å². The highest BCUT2D eigenvalue weighted by molar-refractivity contribution is 6.30. The molecule has 0 aliphatic carbocycles. The molecule has 1 aromatic heterocycles. The topological polar surface area (TPSA) is 93.5 Å². The van der Waals surface area contributed by atoms with E-state index in [1.807, 2.05) is 0 Å². The van der Waals surface area contributed by atoms with Crippen LogP contribution >= 0.6 is 11.6 Å². The van der Waals surface area contributed by atoms with Gasteiger partial charge in [-0.05, 0) is 31.2 Å². The number of amides is 1. The minimum Gasteiger partial charge on any atom is -0.467 e. The predicted octanol–water partition coefficient (Wildman–Crippen LogP) is 1.10. The number of nitrogens with one attached hydrogen (secondary N) is 1. The van der Waals surface area contributed by atoms with Gasteiger partial charge in [-0.3, -0.25) is 4.79 Å². The molecule has 0 bridgehead atoms. The number of halogens is 1. The highest BCUT2D eigenvalue weighted by Gasteiger charge is 2.19. The first-order valence-corrected chi connectivity index (χ1v) is 7.16. The van der Waals surface area contributed by atoms with Crippen LogP contribution in [0.15, 0.2) is 30.5 Å². The summed E-state index contributed by atoms with van der Waals surface area (Å²) in [6, 6.07) is 7.00. The molecule has 0 saturated carbocycles. The van der Waals surface area contributed by atoms with Crippen LogP contribution in [0.3, 0.4) is 0 Å². The van der Waals surface area contributed by atoms with Crippen molar-refractivity contribution in [3.8, 4) is 5.69 Å². The van der Waals surface area contributed by atoms with Gasteiger partial charge in [0.05, 0.1) is 30.6 Å². The van der Waals surface area contributed by atoms with Gasteiger partial charge in [0.15, 0.2) is 6.10 Å². The number of esters is 1. The van der Waals surface area contributed by atoms with Crippen LogP contribution in [0.5, 0.6) is 0 Å². The van der Waals surface area contributed by atoms with Gasteiger partial charge in [0.1, 0.15) is 0 Å². The first-order chi connectivity index (χ1) is 10.9. The van der Waals surface area contributed by atoms with Gasteiger partial charge in [0.2, 0.25) is 0 Å². The number of rotatable bonds is 5. The summed E-state index contributed by atoms with van der Waals surface area (Å²) in [7, 11) is 1.16. The monoisotopic (exact) mass is 337 g/mol. The lowest BCUT2D eigenvalue weighted by molar-refractivity contribution is -0.149. The molecule has 23 heavy (non-hydrogen) atoms. The molecule has 0 radical (unpaired) electrons. The summed E-state index contributed by atoms with van der Waals surface area (Å²) in [6.45, 7) is 1.45. The van der Waals surface area contributed by atoms with Crippen molar-refractivity contribution in [3.05, 3.63) is 46.7 Å². The summed E-state index contributed by atoms with van der Waals surface area (Å²) in [5.74, 6) is -1.25. The number of aromatic nitrogens is 2. The average Bonchev–Trinajstić information content (AvgIpc) is 2.94. The van der Waals surface area contributed by atoms with Crippen LogP contribution in [0.25, 0.3) is 5.69 Å². The van der Waals surface area contributed by atoms with E-state index in [2.05, 4.69) is 15.2 Å². The van der Waals surface area contributed by atoms with E-state index in [1.165, 1.54) is 0 Å². The van der Waals surface area contributed by atoms with Crippen molar-refractivity contribution in [2.45, 2.75) is 13.0 Å². The molecule has 2 N–H and O–H groups in total. The van der Waals surface area contributed by atoms with E-state index in [0.717, 1.165) is 12.8 Å². The van der Waals surface area contributed by atoms with Crippen LogP contribution in [0.2, 0.25) is 5.02 Å². The maximum Gasteiger partial charge on any atom is 0.336 e. The Balaban J connectivity index is 2.10. The van der Waals surface area contributed by atoms with Crippen molar-refractivity contribution in [2.24, 2.45) is 0 Å². The lowest BCUT2D eigenvalue weighted by Gasteiger charge is -2.09. The summed E-state index contributed by atoms with van der Waals surface area (Å²) in [4.78, 5) is 23.2. The van der Waals surface area contributed by atoms with Crippen LogP contribution in [0, 0.1) is 6.92 Å². The van der Waals surface area contributed by atoms with Crippen LogP contribution in [-0.2, 0) is 9.53 Å². The Bertz CT molecular complexity index is 712. The van der Waals surface area contributed by atoms with Gasteiger partial charge in [-0.25, -0.2) is 9.48 Å². The Morgan fingerprint density at radius 3 is 2.65 bits per heavy atom. The van der Waals surface area contributed by atoms with E-state index in [1.54, 1.807) is 42.1 Å². The summed E-state index contributed by atoms with van der Waals surface area (Å²) >= 11 is 5.84. The minimum absolute atomic E-state index is 0.239. The predicted molar refractivity (Wildman–Crippen MR) is 83.7 cm³/mol. The SMILES string of the molecule is COC(=O)C(O)CNC(=O)c1cn(-c2ccc(Cl)cc2)nc1C. The summed E-state index contributed by atoms with van der Waals surface area (Å²) in [5, 5.41) is 16.8. The molecule has 8 heteroatoms. The van der Waals surface area contributed by atoms with E-state index in [9.17, 15) is 14.7 Å². The summed E-state index contributed by atoms with van der Waals surface area (Å²) in [5.41, 5.74) is 1.62. The molecule has 2 rings (SSSR count). The molecule has 1 heterocycles. The molecule has 1 unspecified atom stereocenters. The number of hydrogen-bond acceptors (Lipinski definition) is 5. The Hall–Kier alpha value is -2.38. The molecule has 0 fully saturated rings. The molecule has 1 atom stereocenters. The third-order valence-corrected chi connectivity index (χ3v) is 3.42. The van der Waals surface area contributed by atoms with E-state index in [4.69, 9.17) is 11.6 Å². The number of benzene rings is 1.